The quantitative estimate of drug-likeness (QED) is 0.418. The Morgan fingerprint density at radius 3 is 2.03 bits per heavy atom. The summed E-state index contributed by atoms with van der Waals surface area (Å²) < 4.78 is 44.5. The van der Waals surface area contributed by atoms with E-state index in [4.69, 9.17) is 4.74 Å². The van der Waals surface area contributed by atoms with Gasteiger partial charge in [-0.1, -0.05) is 44.2 Å². The molecule has 0 saturated heterocycles. The largest absolute Gasteiger partial charge is 0.484 e. The number of hydrogen-bond donors (Lipinski definition) is 2. The number of rotatable bonds is 8. The number of para-hydroxylation sites is 2. The summed E-state index contributed by atoms with van der Waals surface area (Å²) in [5, 5.41) is 5.19. The minimum Gasteiger partial charge on any atom is -0.484 e. The second-order valence-corrected chi connectivity index (χ2v) is 7.52. The summed E-state index contributed by atoms with van der Waals surface area (Å²) in [6.07, 6.45) is -3.02. The summed E-state index contributed by atoms with van der Waals surface area (Å²) in [6, 6.07) is 16.8. The van der Waals surface area contributed by atoms with Gasteiger partial charge in [0.2, 0.25) is 0 Å². The second-order valence-electron chi connectivity index (χ2n) is 7.52. The van der Waals surface area contributed by atoms with Crippen LogP contribution in [-0.2, 0) is 23.8 Å². The van der Waals surface area contributed by atoms with Crippen molar-refractivity contribution in [2.45, 2.75) is 32.9 Å². The molecule has 3 aromatic rings. The van der Waals surface area contributed by atoms with Gasteiger partial charge in [0, 0.05) is 11.3 Å². The van der Waals surface area contributed by atoms with Gasteiger partial charge in [0.1, 0.15) is 5.75 Å². The Balaban J connectivity index is 1.61. The number of anilines is 2. The van der Waals surface area contributed by atoms with Crippen LogP contribution in [0.4, 0.5) is 24.5 Å². The third kappa shape index (κ3) is 6.15. The fourth-order valence-electron chi connectivity index (χ4n) is 3.47. The minimum atomic E-state index is -4.59. The van der Waals surface area contributed by atoms with Crippen LogP contribution < -0.4 is 15.4 Å². The lowest BCUT2D eigenvalue weighted by Gasteiger charge is -2.15. The van der Waals surface area contributed by atoms with E-state index in [1.54, 1.807) is 12.1 Å². The summed E-state index contributed by atoms with van der Waals surface area (Å²) in [7, 11) is 0. The molecule has 2 amide bonds. The van der Waals surface area contributed by atoms with E-state index in [1.165, 1.54) is 30.3 Å². The maximum absolute atomic E-state index is 13.1. The van der Waals surface area contributed by atoms with Gasteiger partial charge in [-0.25, -0.2) is 0 Å². The summed E-state index contributed by atoms with van der Waals surface area (Å²) in [4.78, 5) is 24.8. The Hall–Kier alpha value is -3.81. The van der Waals surface area contributed by atoms with Crippen LogP contribution in [0.2, 0.25) is 0 Å². The molecule has 0 bridgehead atoms. The predicted octanol–water partition coefficient (Wildman–Crippen LogP) is 6.10. The number of carbonyl (C=O) groups is 2. The molecule has 0 spiro atoms. The number of carbonyl (C=O) groups excluding carboxylic acids is 2. The van der Waals surface area contributed by atoms with Gasteiger partial charge in [0.05, 0.1) is 11.3 Å². The number of halogens is 3. The van der Waals surface area contributed by atoms with Crippen molar-refractivity contribution in [2.75, 3.05) is 17.2 Å². The Kier molecular flexibility index (Phi) is 7.94. The van der Waals surface area contributed by atoms with Crippen LogP contribution in [0, 0.1) is 0 Å². The number of aryl methyl sites for hydroxylation is 2. The summed E-state index contributed by atoms with van der Waals surface area (Å²) in [5.74, 6) is -0.704. The van der Waals surface area contributed by atoms with Crippen LogP contribution in [0.5, 0.6) is 5.75 Å². The number of ether oxygens (including phenoxy) is 1. The van der Waals surface area contributed by atoms with Gasteiger partial charge in [-0.3, -0.25) is 9.59 Å². The topological polar surface area (TPSA) is 67.4 Å². The monoisotopic (exact) mass is 470 g/mol. The molecular formula is C26H25F3N2O3. The first-order valence-corrected chi connectivity index (χ1v) is 10.8. The van der Waals surface area contributed by atoms with Crippen molar-refractivity contribution < 1.29 is 27.5 Å². The second kappa shape index (κ2) is 10.9. The summed E-state index contributed by atoms with van der Waals surface area (Å²) in [6.45, 7) is 3.56. The third-order valence-corrected chi connectivity index (χ3v) is 5.23. The van der Waals surface area contributed by atoms with Crippen molar-refractivity contribution >= 4 is 23.2 Å². The molecule has 34 heavy (non-hydrogen) atoms. The van der Waals surface area contributed by atoms with Crippen LogP contribution in [0.1, 0.15) is 40.9 Å². The normalized spacial score (nSPS) is 11.1. The Bertz CT molecular complexity index is 1140. The van der Waals surface area contributed by atoms with Crippen LogP contribution >= 0.6 is 0 Å². The summed E-state index contributed by atoms with van der Waals surface area (Å²) in [5.41, 5.74) is 2.04. The standard InChI is InChI=1S/C26H25F3N2O3/c1-3-17-8-7-9-18(4-2)24(17)31-25(33)19-12-14-20(15-13-19)34-16-23(32)30-22-11-6-5-10-21(22)26(27,28)29/h5-15H,3-4,16H2,1-2H3,(H,30,32)(H,31,33). The van der Waals surface area contributed by atoms with Gasteiger partial charge in [0.25, 0.3) is 11.8 Å². The molecular weight excluding hydrogens is 445 g/mol. The molecule has 0 aliphatic heterocycles. The molecule has 8 heteroatoms. The lowest BCUT2D eigenvalue weighted by molar-refractivity contribution is -0.137. The third-order valence-electron chi connectivity index (χ3n) is 5.23. The molecule has 0 heterocycles. The van der Waals surface area contributed by atoms with E-state index in [9.17, 15) is 22.8 Å². The highest BCUT2D eigenvalue weighted by Crippen LogP contribution is 2.34. The molecule has 0 radical (unpaired) electrons. The number of alkyl halides is 3. The Labute approximate surface area is 195 Å². The first-order valence-electron chi connectivity index (χ1n) is 10.8. The fraction of sp³-hybridized carbons (Fsp3) is 0.231. The van der Waals surface area contributed by atoms with E-state index in [1.807, 2.05) is 32.0 Å². The van der Waals surface area contributed by atoms with Crippen LogP contribution in [0.15, 0.2) is 66.7 Å². The van der Waals surface area contributed by atoms with Crippen molar-refractivity contribution in [1.82, 2.24) is 0 Å². The van der Waals surface area contributed by atoms with Crippen molar-refractivity contribution in [3.05, 3.63) is 89.0 Å². The highest BCUT2D eigenvalue weighted by atomic mass is 19.4. The van der Waals surface area contributed by atoms with Crippen molar-refractivity contribution in [1.29, 1.82) is 0 Å². The minimum absolute atomic E-state index is 0.274. The molecule has 0 saturated carbocycles. The SMILES string of the molecule is CCc1cccc(CC)c1NC(=O)c1ccc(OCC(=O)Nc2ccccc2C(F)(F)F)cc1. The maximum Gasteiger partial charge on any atom is 0.418 e. The predicted molar refractivity (Wildman–Crippen MR) is 125 cm³/mol. The van der Waals surface area contributed by atoms with E-state index in [0.29, 0.717) is 11.3 Å². The Morgan fingerprint density at radius 2 is 1.44 bits per heavy atom. The Morgan fingerprint density at radius 1 is 0.824 bits per heavy atom. The number of amides is 2. The van der Waals surface area contributed by atoms with Crippen LogP contribution in [0.3, 0.4) is 0 Å². The highest BCUT2D eigenvalue weighted by Gasteiger charge is 2.33. The van der Waals surface area contributed by atoms with Crippen molar-refractivity contribution in [2.24, 2.45) is 0 Å². The number of nitrogens with one attached hydrogen (secondary N) is 2. The van der Waals surface area contributed by atoms with Gasteiger partial charge in [-0.05, 0) is 60.4 Å². The molecule has 3 aromatic carbocycles. The average Bonchev–Trinajstić information content (AvgIpc) is 2.82. The fourth-order valence-corrected chi connectivity index (χ4v) is 3.47. The zero-order chi connectivity index (χ0) is 24.7. The molecule has 0 fully saturated rings. The van der Waals surface area contributed by atoms with E-state index < -0.39 is 24.3 Å². The maximum atomic E-state index is 13.1. The van der Waals surface area contributed by atoms with Gasteiger partial charge in [0.15, 0.2) is 6.61 Å². The number of hydrogen-bond acceptors (Lipinski definition) is 3. The zero-order valence-corrected chi connectivity index (χ0v) is 18.8. The molecule has 5 nitrogen and oxygen atoms in total. The zero-order valence-electron chi connectivity index (χ0n) is 18.8. The highest BCUT2D eigenvalue weighted by molar-refractivity contribution is 6.05. The van der Waals surface area contributed by atoms with Gasteiger partial charge in [-0.2, -0.15) is 13.2 Å². The first-order chi connectivity index (χ1) is 16.2. The molecule has 0 aliphatic rings. The molecule has 0 unspecified atom stereocenters. The van der Waals surface area contributed by atoms with E-state index >= 15 is 0 Å². The number of benzene rings is 3. The van der Waals surface area contributed by atoms with Gasteiger partial charge < -0.3 is 15.4 Å². The summed E-state index contributed by atoms with van der Waals surface area (Å²) >= 11 is 0. The smallest absolute Gasteiger partial charge is 0.418 e. The van der Waals surface area contributed by atoms with E-state index in [-0.39, 0.29) is 11.6 Å². The molecule has 0 aliphatic carbocycles. The van der Waals surface area contributed by atoms with Crippen LogP contribution in [-0.4, -0.2) is 18.4 Å². The molecule has 0 atom stereocenters. The molecule has 178 valence electrons. The average molecular weight is 470 g/mol. The first kappa shape index (κ1) is 24.8. The molecule has 3 rings (SSSR count). The lowest BCUT2D eigenvalue weighted by Crippen LogP contribution is -2.22. The van der Waals surface area contributed by atoms with Crippen molar-refractivity contribution in [3.8, 4) is 5.75 Å². The lowest BCUT2D eigenvalue weighted by atomic mass is 10.0. The van der Waals surface area contributed by atoms with Crippen LogP contribution in [0.25, 0.3) is 0 Å². The van der Waals surface area contributed by atoms with Crippen molar-refractivity contribution in [3.63, 3.8) is 0 Å². The van der Waals surface area contributed by atoms with E-state index in [0.717, 1.165) is 35.7 Å². The molecule has 2 N–H and O–H groups in total. The van der Waals surface area contributed by atoms with Gasteiger partial charge in [-0.15, -0.1) is 0 Å². The van der Waals surface area contributed by atoms with Gasteiger partial charge >= 0.3 is 6.18 Å². The van der Waals surface area contributed by atoms with E-state index in [2.05, 4.69) is 10.6 Å². The molecule has 0 aromatic heterocycles.